The van der Waals surface area contributed by atoms with Gasteiger partial charge in [0.05, 0.1) is 34.6 Å². The zero-order valence-corrected chi connectivity index (χ0v) is 38.2. The van der Waals surface area contributed by atoms with Gasteiger partial charge in [-0.05, 0) is 149 Å². The van der Waals surface area contributed by atoms with Crippen molar-refractivity contribution in [1.29, 1.82) is 10.5 Å². The summed E-state index contributed by atoms with van der Waals surface area (Å²) in [6.07, 6.45) is 0. The summed E-state index contributed by atoms with van der Waals surface area (Å²) >= 11 is 0. The Kier molecular flexibility index (Phi) is 10.4. The van der Waals surface area contributed by atoms with E-state index in [0.717, 1.165) is 107 Å². The first-order chi connectivity index (χ1) is 33.2. The van der Waals surface area contributed by atoms with Crippen molar-refractivity contribution in [2.24, 2.45) is 0 Å². The van der Waals surface area contributed by atoms with Crippen LogP contribution in [0.4, 0.5) is 34.1 Å². The predicted octanol–water partition coefficient (Wildman–Crippen LogP) is 14.0. The Balaban J connectivity index is 1.08. The molecule has 11 rings (SSSR count). The van der Waals surface area contributed by atoms with Crippen molar-refractivity contribution in [3.63, 3.8) is 0 Å². The van der Waals surface area contributed by atoms with Crippen molar-refractivity contribution in [3.05, 3.63) is 222 Å². The molecule has 0 amide bonds. The van der Waals surface area contributed by atoms with E-state index in [1.54, 1.807) is 0 Å². The molecule has 7 heteroatoms. The SMILES string of the molecule is Cc1cc2c3c(c1)Oc1cc(-c4cc(C#N)cc(C(C)(C)C)c4N(c4ccccc4)c4ccccc4)ccc1B3c1ccc(-c3cc(C#N)ccc3N(c3ccccc3)c3ccccc3)cc1O2. The van der Waals surface area contributed by atoms with Crippen LogP contribution in [0.25, 0.3) is 22.3 Å². The molecule has 0 fully saturated rings. The minimum atomic E-state index is -0.320. The molecule has 0 atom stereocenters. The molecule has 2 heterocycles. The van der Waals surface area contributed by atoms with Crippen LogP contribution >= 0.6 is 0 Å². The summed E-state index contributed by atoms with van der Waals surface area (Å²) in [5.41, 5.74) is 15.6. The summed E-state index contributed by atoms with van der Waals surface area (Å²) in [5.74, 6) is 3.00. The van der Waals surface area contributed by atoms with Crippen LogP contribution in [0.5, 0.6) is 23.0 Å². The lowest BCUT2D eigenvalue weighted by Gasteiger charge is -2.35. The maximum atomic E-state index is 10.5. The molecule has 324 valence electrons. The number of nitriles is 2. The molecular formula is C61H45BN4O2. The van der Waals surface area contributed by atoms with Crippen molar-refractivity contribution in [1.82, 2.24) is 0 Å². The van der Waals surface area contributed by atoms with Gasteiger partial charge in [0.25, 0.3) is 6.71 Å². The molecule has 0 aliphatic carbocycles. The molecule has 0 radical (unpaired) electrons. The number of rotatable bonds is 8. The number of nitrogens with zero attached hydrogens (tertiary/aromatic N) is 4. The van der Waals surface area contributed by atoms with Crippen molar-refractivity contribution in [3.8, 4) is 57.4 Å². The maximum Gasteiger partial charge on any atom is 0.260 e. The fraction of sp³-hybridized carbons (Fsp3) is 0.0820. The standard InChI is InChI=1S/C61H45BN4O2/c1-40-31-57-59-58(32-40)68-56-37-44(50-34-42(39-64)35-51(61(2,3)4)60(50)66(47-21-13-7-14-22-47)48-23-15-8-16-24-48)27-29-53(56)62(59)52-28-26-43(36-55(52)67-57)49-33-41(38-63)25-30-54(49)65(45-17-9-5-10-18-45)46-19-11-6-12-20-46/h5-37H,1-4H3. The topological polar surface area (TPSA) is 72.5 Å². The monoisotopic (exact) mass is 876 g/mol. The maximum absolute atomic E-state index is 10.5. The van der Waals surface area contributed by atoms with Crippen molar-refractivity contribution in [2.75, 3.05) is 9.80 Å². The van der Waals surface area contributed by atoms with Crippen LogP contribution in [-0.2, 0) is 5.41 Å². The van der Waals surface area contributed by atoms with E-state index in [1.807, 2.05) is 78.9 Å². The molecule has 0 spiro atoms. The van der Waals surface area contributed by atoms with Gasteiger partial charge in [-0.1, -0.05) is 118 Å². The van der Waals surface area contributed by atoms with E-state index in [1.165, 1.54) is 0 Å². The van der Waals surface area contributed by atoms with Gasteiger partial charge in [0, 0.05) is 39.3 Å². The lowest BCUT2D eigenvalue weighted by atomic mass is 9.34. The number of fused-ring (bicyclic) bond motifs is 4. The number of benzene rings is 9. The number of hydrogen-bond acceptors (Lipinski definition) is 6. The third-order valence-corrected chi connectivity index (χ3v) is 12.9. The fourth-order valence-electron chi connectivity index (χ4n) is 9.86. The molecule has 9 aromatic carbocycles. The Morgan fingerprint density at radius 1 is 0.456 bits per heavy atom. The van der Waals surface area contributed by atoms with Crippen LogP contribution in [0.1, 0.15) is 43.0 Å². The van der Waals surface area contributed by atoms with Crippen molar-refractivity contribution < 1.29 is 9.47 Å². The molecular weight excluding hydrogens is 832 g/mol. The van der Waals surface area contributed by atoms with Crippen molar-refractivity contribution >= 4 is 57.2 Å². The molecule has 2 aliphatic heterocycles. The molecule has 0 unspecified atom stereocenters. The van der Waals surface area contributed by atoms with Crippen LogP contribution < -0.4 is 35.7 Å². The van der Waals surface area contributed by atoms with Crippen LogP contribution in [0.15, 0.2) is 200 Å². The lowest BCUT2D eigenvalue weighted by molar-refractivity contribution is 0.464. The fourth-order valence-corrected chi connectivity index (χ4v) is 9.86. The zero-order chi connectivity index (χ0) is 46.5. The number of aryl methyl sites for hydroxylation is 1. The van der Waals surface area contributed by atoms with E-state index in [9.17, 15) is 10.5 Å². The lowest BCUT2D eigenvalue weighted by Crippen LogP contribution is -2.57. The third kappa shape index (κ3) is 7.41. The third-order valence-electron chi connectivity index (χ3n) is 12.9. The Morgan fingerprint density at radius 3 is 1.38 bits per heavy atom. The van der Waals surface area contributed by atoms with E-state index in [-0.39, 0.29) is 12.1 Å². The minimum absolute atomic E-state index is 0.188. The van der Waals surface area contributed by atoms with Crippen LogP contribution in [0.3, 0.4) is 0 Å². The largest absolute Gasteiger partial charge is 0.458 e. The van der Waals surface area contributed by atoms with E-state index in [2.05, 4.69) is 171 Å². The Bertz CT molecular complexity index is 3410. The first kappa shape index (κ1) is 41.9. The molecule has 0 N–H and O–H groups in total. The quantitative estimate of drug-likeness (QED) is 0.142. The summed E-state index contributed by atoms with van der Waals surface area (Å²) in [7, 11) is 0. The van der Waals surface area contributed by atoms with Crippen molar-refractivity contribution in [2.45, 2.75) is 33.1 Å². The number of hydrogen-bond donors (Lipinski definition) is 0. The normalized spacial score (nSPS) is 12.0. The smallest absolute Gasteiger partial charge is 0.260 e. The molecule has 68 heavy (non-hydrogen) atoms. The van der Waals surface area contributed by atoms with Gasteiger partial charge in [0.1, 0.15) is 23.0 Å². The average molecular weight is 877 g/mol. The van der Waals surface area contributed by atoms with Gasteiger partial charge in [-0.3, -0.25) is 0 Å². The zero-order valence-electron chi connectivity index (χ0n) is 38.2. The molecule has 2 aliphatic rings. The highest BCUT2D eigenvalue weighted by Gasteiger charge is 2.41. The number of para-hydroxylation sites is 4. The summed E-state index contributed by atoms with van der Waals surface area (Å²) in [6, 6.07) is 73.4. The van der Waals surface area contributed by atoms with Gasteiger partial charge in [-0.25, -0.2) is 0 Å². The second-order valence-electron chi connectivity index (χ2n) is 18.5. The van der Waals surface area contributed by atoms with Crippen LogP contribution in [0, 0.1) is 29.6 Å². The summed E-state index contributed by atoms with van der Waals surface area (Å²) < 4.78 is 13.9. The van der Waals surface area contributed by atoms with Crippen LogP contribution in [0.2, 0.25) is 0 Å². The molecule has 0 saturated heterocycles. The summed E-state index contributed by atoms with van der Waals surface area (Å²) in [4.78, 5) is 4.54. The van der Waals surface area contributed by atoms with Gasteiger partial charge >= 0.3 is 0 Å². The highest BCUT2D eigenvalue weighted by atomic mass is 16.5. The second-order valence-corrected chi connectivity index (χ2v) is 18.5. The van der Waals surface area contributed by atoms with E-state index in [0.29, 0.717) is 11.1 Å². The first-order valence-corrected chi connectivity index (χ1v) is 22.9. The van der Waals surface area contributed by atoms with E-state index >= 15 is 0 Å². The summed E-state index contributed by atoms with van der Waals surface area (Å²) in [5, 5.41) is 20.7. The van der Waals surface area contributed by atoms with Crippen LogP contribution in [-0.4, -0.2) is 6.71 Å². The predicted molar refractivity (Wildman–Crippen MR) is 277 cm³/mol. The van der Waals surface area contributed by atoms with Gasteiger partial charge in [-0.2, -0.15) is 10.5 Å². The first-order valence-electron chi connectivity index (χ1n) is 22.9. The number of ether oxygens (including phenoxy) is 2. The number of anilines is 6. The van der Waals surface area contributed by atoms with E-state index < -0.39 is 0 Å². The highest BCUT2D eigenvalue weighted by molar-refractivity contribution is 6.98. The van der Waals surface area contributed by atoms with Gasteiger partial charge < -0.3 is 19.3 Å². The molecule has 9 aromatic rings. The molecule has 0 bridgehead atoms. The Hall–Kier alpha value is -8.78. The molecule has 0 saturated carbocycles. The molecule has 6 nitrogen and oxygen atoms in total. The highest BCUT2D eigenvalue weighted by Crippen LogP contribution is 2.49. The van der Waals surface area contributed by atoms with Gasteiger partial charge in [0.2, 0.25) is 0 Å². The second kappa shape index (κ2) is 16.9. The minimum Gasteiger partial charge on any atom is -0.458 e. The summed E-state index contributed by atoms with van der Waals surface area (Å²) in [6.45, 7) is 8.49. The van der Waals surface area contributed by atoms with Gasteiger partial charge in [0.15, 0.2) is 0 Å². The van der Waals surface area contributed by atoms with Gasteiger partial charge in [-0.15, -0.1) is 0 Å². The Morgan fingerprint density at radius 2 is 0.912 bits per heavy atom. The molecule has 0 aromatic heterocycles. The average Bonchev–Trinajstić information content (AvgIpc) is 3.37. The Labute approximate surface area is 398 Å². The van der Waals surface area contributed by atoms with E-state index in [4.69, 9.17) is 9.47 Å².